The van der Waals surface area contributed by atoms with Crippen LogP contribution in [0.25, 0.3) is 11.0 Å². The molecule has 116 valence electrons. The highest BCUT2D eigenvalue weighted by Crippen LogP contribution is 2.36. The van der Waals surface area contributed by atoms with Gasteiger partial charge in [0.25, 0.3) is 0 Å². The van der Waals surface area contributed by atoms with Gasteiger partial charge in [0.15, 0.2) is 0 Å². The molecule has 0 spiro atoms. The zero-order valence-electron chi connectivity index (χ0n) is 12.7. The molecule has 1 aromatic carbocycles. The van der Waals surface area contributed by atoms with E-state index in [1.165, 1.54) is 6.07 Å². The van der Waals surface area contributed by atoms with Gasteiger partial charge in [-0.1, -0.05) is 20.8 Å². The van der Waals surface area contributed by atoms with Crippen molar-refractivity contribution in [1.82, 2.24) is 9.55 Å². The lowest BCUT2D eigenvalue weighted by Gasteiger charge is -2.34. The summed E-state index contributed by atoms with van der Waals surface area (Å²) in [6.45, 7) is 6.59. The van der Waals surface area contributed by atoms with Crippen molar-refractivity contribution in [3.63, 3.8) is 0 Å². The predicted molar refractivity (Wildman–Crippen MR) is 90.7 cm³/mol. The second kappa shape index (κ2) is 6.66. The number of fused-ring (bicyclic) bond motifs is 1. The van der Waals surface area contributed by atoms with Gasteiger partial charge in [-0.25, -0.2) is 9.37 Å². The molecular weight excluding hydrogens is 355 g/mol. The predicted octanol–water partition coefficient (Wildman–Crippen LogP) is 5.64. The van der Waals surface area contributed by atoms with Crippen LogP contribution in [0.15, 0.2) is 16.6 Å². The molecule has 21 heavy (non-hydrogen) atoms. The van der Waals surface area contributed by atoms with Crippen LogP contribution in [-0.4, -0.2) is 15.4 Å². The average molecular weight is 376 g/mol. The van der Waals surface area contributed by atoms with Gasteiger partial charge in [0.1, 0.15) is 11.6 Å². The first-order valence-electron chi connectivity index (χ1n) is 7.45. The van der Waals surface area contributed by atoms with E-state index >= 15 is 0 Å². The highest BCUT2D eigenvalue weighted by Gasteiger charge is 2.30. The molecule has 0 amide bonds. The van der Waals surface area contributed by atoms with Crippen LogP contribution in [0.2, 0.25) is 0 Å². The minimum atomic E-state index is -0.278. The molecule has 0 saturated carbocycles. The number of alkyl halides is 1. The monoisotopic (exact) mass is 374 g/mol. The maximum absolute atomic E-state index is 13.8. The Morgan fingerprint density at radius 1 is 1.24 bits per heavy atom. The van der Waals surface area contributed by atoms with Crippen LogP contribution < -0.4 is 0 Å². The van der Waals surface area contributed by atoms with E-state index < -0.39 is 0 Å². The fourth-order valence-corrected chi connectivity index (χ4v) is 3.63. The van der Waals surface area contributed by atoms with Gasteiger partial charge in [0, 0.05) is 23.9 Å². The smallest absolute Gasteiger partial charge is 0.139 e. The van der Waals surface area contributed by atoms with Gasteiger partial charge in [-0.05, 0) is 41.3 Å². The van der Waals surface area contributed by atoms with Gasteiger partial charge in [-0.3, -0.25) is 0 Å². The van der Waals surface area contributed by atoms with Crippen LogP contribution in [0.4, 0.5) is 4.39 Å². The third-order valence-electron chi connectivity index (χ3n) is 4.53. The van der Waals surface area contributed by atoms with Crippen LogP contribution in [0.5, 0.6) is 0 Å². The number of imidazole rings is 1. The van der Waals surface area contributed by atoms with Gasteiger partial charge < -0.3 is 4.57 Å². The Labute approximate surface area is 138 Å². The van der Waals surface area contributed by atoms with Crippen molar-refractivity contribution in [3.05, 3.63) is 28.2 Å². The average Bonchev–Trinajstić information content (AvgIpc) is 2.81. The lowest BCUT2D eigenvalue weighted by atomic mass is 9.89. The molecule has 0 aliphatic rings. The van der Waals surface area contributed by atoms with Crippen LogP contribution in [0.1, 0.15) is 45.9 Å². The second-order valence-corrected chi connectivity index (χ2v) is 6.57. The summed E-state index contributed by atoms with van der Waals surface area (Å²) in [5.74, 6) is 1.18. The van der Waals surface area contributed by atoms with E-state index in [0.717, 1.165) is 30.6 Å². The normalized spacial score (nSPS) is 12.3. The minimum Gasteiger partial charge on any atom is -0.322 e. The lowest BCUT2D eigenvalue weighted by molar-refractivity contribution is 0.251. The zero-order chi connectivity index (χ0) is 15.6. The molecule has 0 aliphatic heterocycles. The highest BCUT2D eigenvalue weighted by atomic mass is 79.9. The molecule has 5 heteroatoms. The number of halogens is 3. The number of hydrogen-bond acceptors (Lipinski definition) is 1. The molecule has 2 aromatic rings. The largest absolute Gasteiger partial charge is 0.322 e. The van der Waals surface area contributed by atoms with Crippen molar-refractivity contribution in [2.75, 3.05) is 5.88 Å². The first kappa shape index (κ1) is 16.8. The molecule has 1 heterocycles. The molecule has 0 radical (unpaired) electrons. The summed E-state index contributed by atoms with van der Waals surface area (Å²) in [6.07, 6.45) is 3.72. The van der Waals surface area contributed by atoms with Crippen molar-refractivity contribution >= 4 is 38.6 Å². The number of aromatic nitrogens is 2. The quantitative estimate of drug-likeness (QED) is 0.597. The summed E-state index contributed by atoms with van der Waals surface area (Å²) < 4.78 is 16.6. The Bertz CT molecular complexity index is 626. The molecule has 0 bridgehead atoms. The van der Waals surface area contributed by atoms with Crippen LogP contribution in [0, 0.1) is 5.82 Å². The molecule has 0 atom stereocenters. The number of rotatable bonds is 6. The SMILES string of the molecule is CCC(CC)(CC)n1c(CCCl)nc2cc(F)c(Br)cc21. The number of aryl methyl sites for hydroxylation is 1. The van der Waals surface area contributed by atoms with Gasteiger partial charge >= 0.3 is 0 Å². The van der Waals surface area contributed by atoms with E-state index in [1.54, 1.807) is 0 Å². The maximum atomic E-state index is 13.8. The Morgan fingerprint density at radius 3 is 2.38 bits per heavy atom. The van der Waals surface area contributed by atoms with Gasteiger partial charge in [-0.15, -0.1) is 11.6 Å². The van der Waals surface area contributed by atoms with Crippen molar-refractivity contribution in [2.24, 2.45) is 0 Å². The van der Waals surface area contributed by atoms with E-state index in [9.17, 15) is 4.39 Å². The van der Waals surface area contributed by atoms with Crippen molar-refractivity contribution in [2.45, 2.75) is 52.0 Å². The lowest BCUT2D eigenvalue weighted by Crippen LogP contribution is -2.33. The highest BCUT2D eigenvalue weighted by molar-refractivity contribution is 9.10. The molecule has 0 aliphatic carbocycles. The molecule has 0 unspecified atom stereocenters. The molecule has 2 rings (SSSR count). The van der Waals surface area contributed by atoms with Crippen LogP contribution >= 0.6 is 27.5 Å². The van der Waals surface area contributed by atoms with Gasteiger partial charge in [0.05, 0.1) is 15.5 Å². The fourth-order valence-electron chi connectivity index (χ4n) is 3.13. The molecule has 0 N–H and O–H groups in total. The maximum Gasteiger partial charge on any atom is 0.139 e. The summed E-state index contributed by atoms with van der Waals surface area (Å²) in [5.41, 5.74) is 1.69. The number of hydrogen-bond donors (Lipinski definition) is 0. The molecule has 0 fully saturated rings. The Balaban J connectivity index is 2.79. The molecule has 2 nitrogen and oxygen atoms in total. The Hall–Kier alpha value is -0.610. The van der Waals surface area contributed by atoms with Crippen LogP contribution in [-0.2, 0) is 12.0 Å². The van der Waals surface area contributed by atoms with E-state index in [-0.39, 0.29) is 11.4 Å². The number of benzene rings is 1. The van der Waals surface area contributed by atoms with E-state index in [1.807, 2.05) is 6.07 Å². The van der Waals surface area contributed by atoms with Gasteiger partial charge in [-0.2, -0.15) is 0 Å². The third-order valence-corrected chi connectivity index (χ3v) is 5.33. The zero-order valence-corrected chi connectivity index (χ0v) is 15.1. The first-order valence-corrected chi connectivity index (χ1v) is 8.78. The summed E-state index contributed by atoms with van der Waals surface area (Å²) >= 11 is 9.23. The molecule has 1 aromatic heterocycles. The van der Waals surface area contributed by atoms with Crippen molar-refractivity contribution in [3.8, 4) is 0 Å². The summed E-state index contributed by atoms with van der Waals surface area (Å²) in [6, 6.07) is 3.34. The summed E-state index contributed by atoms with van der Waals surface area (Å²) in [5, 5.41) is 0. The summed E-state index contributed by atoms with van der Waals surface area (Å²) in [7, 11) is 0. The standard InChI is InChI=1S/C16H21BrClFN2/c1-4-16(5-2,6-3)21-14-9-11(17)12(19)10-13(14)20-15(21)7-8-18/h9-10H,4-8H2,1-3H3. The second-order valence-electron chi connectivity index (χ2n) is 5.34. The first-order chi connectivity index (χ1) is 10.0. The Kier molecular flexibility index (Phi) is 5.31. The molecular formula is C16H21BrClFN2. The van der Waals surface area contributed by atoms with Crippen molar-refractivity contribution < 1.29 is 4.39 Å². The van der Waals surface area contributed by atoms with E-state index in [2.05, 4.69) is 46.3 Å². The Morgan fingerprint density at radius 2 is 1.86 bits per heavy atom. The molecule has 0 saturated heterocycles. The third kappa shape index (κ3) is 2.85. The van der Waals surface area contributed by atoms with E-state index in [0.29, 0.717) is 22.3 Å². The van der Waals surface area contributed by atoms with Gasteiger partial charge in [0.2, 0.25) is 0 Å². The number of nitrogens with zero attached hydrogens (tertiary/aromatic N) is 2. The topological polar surface area (TPSA) is 17.8 Å². The fraction of sp³-hybridized carbons (Fsp3) is 0.562. The summed E-state index contributed by atoms with van der Waals surface area (Å²) in [4.78, 5) is 4.63. The van der Waals surface area contributed by atoms with Crippen molar-refractivity contribution in [1.29, 1.82) is 0 Å². The van der Waals surface area contributed by atoms with E-state index in [4.69, 9.17) is 11.6 Å². The van der Waals surface area contributed by atoms with Crippen LogP contribution in [0.3, 0.4) is 0 Å². The minimum absolute atomic E-state index is 0.00735.